The van der Waals surface area contributed by atoms with Gasteiger partial charge in [0.1, 0.15) is 18.4 Å². The van der Waals surface area contributed by atoms with Crippen LogP contribution in [0.25, 0.3) is 0 Å². The first-order valence-corrected chi connectivity index (χ1v) is 13.5. The molecule has 0 fully saturated rings. The van der Waals surface area contributed by atoms with Crippen LogP contribution in [-0.4, -0.2) is 50.5 Å². The second kappa shape index (κ2) is 11.7. The van der Waals surface area contributed by atoms with E-state index >= 15 is 0 Å². The zero-order valence-corrected chi connectivity index (χ0v) is 22.2. The molecule has 1 unspecified atom stereocenters. The van der Waals surface area contributed by atoms with E-state index in [-0.39, 0.29) is 17.9 Å². The van der Waals surface area contributed by atoms with Crippen molar-refractivity contribution in [3.63, 3.8) is 0 Å². The van der Waals surface area contributed by atoms with Crippen LogP contribution in [0.4, 0.5) is 10.1 Å². The lowest BCUT2D eigenvalue weighted by molar-refractivity contribution is -0.140. The summed E-state index contributed by atoms with van der Waals surface area (Å²) in [5.74, 6) is -1.27. The molecule has 0 radical (unpaired) electrons. The summed E-state index contributed by atoms with van der Waals surface area (Å²) in [5, 5.41) is 2.74. The number of nitrogens with one attached hydrogen (secondary N) is 1. The Hall–Kier alpha value is -2.94. The van der Waals surface area contributed by atoms with Crippen molar-refractivity contribution < 1.29 is 22.4 Å². The fourth-order valence-electron chi connectivity index (χ4n) is 3.74. The van der Waals surface area contributed by atoms with Gasteiger partial charge in [-0.1, -0.05) is 52.0 Å². The van der Waals surface area contributed by atoms with Gasteiger partial charge in [0, 0.05) is 13.1 Å². The SMILES string of the molecule is CCNC(=O)C(CC)N(Cc1ccc(F)cc1)C(=O)CN(c1ccc(C(C)(C)C)cc1)S(C)(=O)=O. The zero-order chi connectivity index (χ0) is 26.4. The van der Waals surface area contributed by atoms with Gasteiger partial charge in [0.25, 0.3) is 0 Å². The summed E-state index contributed by atoms with van der Waals surface area (Å²) < 4.78 is 39.8. The molecule has 1 N–H and O–H groups in total. The molecule has 0 heterocycles. The monoisotopic (exact) mass is 505 g/mol. The fourth-order valence-corrected chi connectivity index (χ4v) is 4.59. The van der Waals surface area contributed by atoms with Gasteiger partial charge < -0.3 is 10.2 Å². The summed E-state index contributed by atoms with van der Waals surface area (Å²) in [4.78, 5) is 27.7. The summed E-state index contributed by atoms with van der Waals surface area (Å²) in [5.41, 5.74) is 1.91. The van der Waals surface area contributed by atoms with E-state index in [0.717, 1.165) is 16.1 Å². The third-order valence-corrected chi connectivity index (χ3v) is 6.84. The van der Waals surface area contributed by atoms with Gasteiger partial charge >= 0.3 is 0 Å². The molecule has 35 heavy (non-hydrogen) atoms. The van der Waals surface area contributed by atoms with Crippen LogP contribution in [-0.2, 0) is 31.6 Å². The van der Waals surface area contributed by atoms with Crippen molar-refractivity contribution in [2.45, 2.75) is 59.0 Å². The molecule has 2 aromatic rings. The molecular weight excluding hydrogens is 469 g/mol. The second-order valence-electron chi connectivity index (χ2n) is 9.53. The van der Waals surface area contributed by atoms with Crippen LogP contribution in [0.5, 0.6) is 0 Å². The Kier molecular flexibility index (Phi) is 9.43. The van der Waals surface area contributed by atoms with E-state index in [1.807, 2.05) is 12.1 Å². The van der Waals surface area contributed by atoms with E-state index in [2.05, 4.69) is 26.1 Å². The van der Waals surface area contributed by atoms with Gasteiger partial charge in [0.15, 0.2) is 0 Å². The lowest BCUT2D eigenvalue weighted by Gasteiger charge is -2.33. The van der Waals surface area contributed by atoms with Crippen molar-refractivity contribution in [1.82, 2.24) is 10.2 Å². The minimum atomic E-state index is -3.80. The Morgan fingerprint density at radius 1 is 1.00 bits per heavy atom. The number of hydrogen-bond acceptors (Lipinski definition) is 4. The maximum absolute atomic E-state index is 13.5. The van der Waals surface area contributed by atoms with E-state index in [9.17, 15) is 22.4 Å². The number of carbonyl (C=O) groups is 2. The number of anilines is 1. The van der Waals surface area contributed by atoms with Crippen LogP contribution in [0.3, 0.4) is 0 Å². The summed E-state index contributed by atoms with van der Waals surface area (Å²) >= 11 is 0. The molecule has 0 aliphatic rings. The molecule has 1 atom stereocenters. The van der Waals surface area contributed by atoms with Gasteiger partial charge in [-0.15, -0.1) is 0 Å². The van der Waals surface area contributed by atoms with E-state index in [0.29, 0.717) is 24.2 Å². The molecular formula is C26H36FN3O4S. The van der Waals surface area contributed by atoms with Crippen LogP contribution >= 0.6 is 0 Å². The van der Waals surface area contributed by atoms with Crippen LogP contribution in [0, 0.1) is 5.82 Å². The Balaban J connectivity index is 2.42. The fraction of sp³-hybridized carbons (Fsp3) is 0.462. The summed E-state index contributed by atoms with van der Waals surface area (Å²) in [6.45, 7) is 9.69. The van der Waals surface area contributed by atoms with Crippen LogP contribution in [0.15, 0.2) is 48.5 Å². The quantitative estimate of drug-likeness (QED) is 0.532. The predicted molar refractivity (Wildman–Crippen MR) is 137 cm³/mol. The average molecular weight is 506 g/mol. The molecule has 0 aromatic heterocycles. The minimum Gasteiger partial charge on any atom is -0.355 e. The number of rotatable bonds is 10. The van der Waals surface area contributed by atoms with Gasteiger partial charge in [-0.2, -0.15) is 0 Å². The summed E-state index contributed by atoms with van der Waals surface area (Å²) in [7, 11) is -3.80. The number of hydrogen-bond donors (Lipinski definition) is 1. The largest absolute Gasteiger partial charge is 0.355 e. The molecule has 192 valence electrons. The minimum absolute atomic E-state index is 0.0370. The van der Waals surface area contributed by atoms with Crippen molar-refractivity contribution in [2.24, 2.45) is 0 Å². The molecule has 2 amide bonds. The highest BCUT2D eigenvalue weighted by Crippen LogP contribution is 2.26. The van der Waals surface area contributed by atoms with Crippen molar-refractivity contribution in [3.8, 4) is 0 Å². The third kappa shape index (κ3) is 7.78. The molecule has 0 saturated carbocycles. The highest BCUT2D eigenvalue weighted by atomic mass is 32.2. The molecule has 0 aliphatic heterocycles. The highest BCUT2D eigenvalue weighted by Gasteiger charge is 2.31. The molecule has 2 rings (SSSR count). The van der Waals surface area contributed by atoms with Gasteiger partial charge in [-0.05, 0) is 54.2 Å². The van der Waals surface area contributed by atoms with Crippen molar-refractivity contribution in [1.29, 1.82) is 0 Å². The van der Waals surface area contributed by atoms with Crippen molar-refractivity contribution in [3.05, 3.63) is 65.5 Å². The zero-order valence-electron chi connectivity index (χ0n) is 21.3. The Morgan fingerprint density at radius 3 is 2.03 bits per heavy atom. The average Bonchev–Trinajstić information content (AvgIpc) is 2.77. The molecule has 0 aliphatic carbocycles. The molecule has 2 aromatic carbocycles. The number of likely N-dealkylation sites (N-methyl/N-ethyl adjacent to an activating group) is 1. The number of benzene rings is 2. The number of carbonyl (C=O) groups excluding carboxylic acids is 2. The number of halogens is 1. The number of nitrogens with zero attached hydrogens (tertiary/aromatic N) is 2. The first kappa shape index (κ1) is 28.3. The highest BCUT2D eigenvalue weighted by molar-refractivity contribution is 7.92. The Morgan fingerprint density at radius 2 is 1.57 bits per heavy atom. The first-order valence-electron chi connectivity index (χ1n) is 11.7. The van der Waals surface area contributed by atoms with Crippen molar-refractivity contribution in [2.75, 3.05) is 23.7 Å². The predicted octanol–water partition coefficient (Wildman–Crippen LogP) is 3.83. The normalized spacial score (nSPS) is 12.7. The van der Waals surface area contributed by atoms with E-state index in [4.69, 9.17) is 0 Å². The van der Waals surface area contributed by atoms with Crippen LogP contribution in [0.2, 0.25) is 0 Å². The van der Waals surface area contributed by atoms with Gasteiger partial charge in [-0.3, -0.25) is 13.9 Å². The topological polar surface area (TPSA) is 86.8 Å². The molecule has 0 bridgehead atoms. The number of amides is 2. The maximum Gasteiger partial charge on any atom is 0.244 e. The Labute approximate surface area is 208 Å². The van der Waals surface area contributed by atoms with E-state index in [1.165, 1.54) is 17.0 Å². The van der Waals surface area contributed by atoms with Crippen LogP contribution in [0.1, 0.15) is 52.2 Å². The Bertz CT molecular complexity index is 1110. The van der Waals surface area contributed by atoms with E-state index in [1.54, 1.807) is 38.1 Å². The van der Waals surface area contributed by atoms with Crippen LogP contribution < -0.4 is 9.62 Å². The maximum atomic E-state index is 13.5. The van der Waals surface area contributed by atoms with Crippen molar-refractivity contribution >= 4 is 27.5 Å². The lowest BCUT2D eigenvalue weighted by Crippen LogP contribution is -2.52. The van der Waals surface area contributed by atoms with Gasteiger partial charge in [0.2, 0.25) is 21.8 Å². The first-order chi connectivity index (χ1) is 16.3. The smallest absolute Gasteiger partial charge is 0.244 e. The summed E-state index contributed by atoms with van der Waals surface area (Å²) in [6.07, 6.45) is 1.38. The van der Waals surface area contributed by atoms with Gasteiger partial charge in [-0.25, -0.2) is 12.8 Å². The van der Waals surface area contributed by atoms with Gasteiger partial charge in [0.05, 0.1) is 11.9 Å². The second-order valence-corrected chi connectivity index (χ2v) is 11.4. The standard InChI is InChI=1S/C26H36FN3O4S/c1-7-23(25(32)28-8-2)29(17-19-9-13-21(27)14-10-19)24(31)18-30(35(6,33)34)22-15-11-20(12-16-22)26(3,4)5/h9-16,23H,7-8,17-18H2,1-6H3,(H,28,32). The lowest BCUT2D eigenvalue weighted by atomic mass is 9.87. The third-order valence-electron chi connectivity index (χ3n) is 5.70. The molecule has 7 nitrogen and oxygen atoms in total. The van der Waals surface area contributed by atoms with E-state index < -0.39 is 34.3 Å². The molecule has 9 heteroatoms. The number of sulfonamides is 1. The molecule has 0 spiro atoms. The molecule has 0 saturated heterocycles. The summed E-state index contributed by atoms with van der Waals surface area (Å²) in [6, 6.07) is 11.9.